The van der Waals surface area contributed by atoms with Gasteiger partial charge in [-0.1, -0.05) is 59.8 Å². The molecule has 5 nitrogen and oxygen atoms in total. The molecule has 0 radical (unpaired) electrons. The largest absolute Gasteiger partial charge is 0.392 e. The lowest BCUT2D eigenvalue weighted by Crippen LogP contribution is -2.29. The van der Waals surface area contributed by atoms with Crippen LogP contribution < -0.4 is 0 Å². The number of hydrogen-bond acceptors (Lipinski definition) is 4. The van der Waals surface area contributed by atoms with Gasteiger partial charge in [0.2, 0.25) is 0 Å². The monoisotopic (exact) mass is 362 g/mol. The van der Waals surface area contributed by atoms with Crippen molar-refractivity contribution in [2.24, 2.45) is 5.92 Å². The molecule has 2 aromatic carbocycles. The minimum atomic E-state index is -0.0202. The summed E-state index contributed by atoms with van der Waals surface area (Å²) in [5, 5.41) is 13.0. The normalized spacial score (nSPS) is 16.6. The minimum absolute atomic E-state index is 0.0202. The Kier molecular flexibility index (Phi) is 5.03. The fourth-order valence-corrected chi connectivity index (χ4v) is 3.66. The van der Waals surface area contributed by atoms with Crippen molar-refractivity contribution < 1.29 is 14.4 Å². The van der Waals surface area contributed by atoms with Crippen LogP contribution in [0, 0.1) is 5.92 Å². The molecule has 27 heavy (non-hydrogen) atoms. The van der Waals surface area contributed by atoms with Crippen LogP contribution in [0.25, 0.3) is 11.3 Å². The van der Waals surface area contributed by atoms with E-state index in [4.69, 9.17) is 9.63 Å². The molecule has 1 aromatic heterocycles. The van der Waals surface area contributed by atoms with Crippen molar-refractivity contribution in [2.75, 3.05) is 13.1 Å². The maximum Gasteiger partial charge on any atom is 0.259 e. The maximum atomic E-state index is 13.0. The molecular formula is C22H22N2O3. The molecule has 0 aliphatic carbocycles. The van der Waals surface area contributed by atoms with Crippen LogP contribution in [0.2, 0.25) is 0 Å². The third-order valence-electron chi connectivity index (χ3n) is 5.14. The number of hydrogen-bond donors (Lipinski definition) is 1. The maximum absolute atomic E-state index is 13.0. The summed E-state index contributed by atoms with van der Waals surface area (Å²) in [7, 11) is 0. The molecular weight excluding hydrogens is 340 g/mol. The summed E-state index contributed by atoms with van der Waals surface area (Å²) in [6.45, 7) is 1.55. The Labute approximate surface area is 158 Å². The smallest absolute Gasteiger partial charge is 0.259 e. The molecule has 1 aliphatic rings. The molecule has 0 bridgehead atoms. The summed E-state index contributed by atoms with van der Waals surface area (Å²) >= 11 is 0. The zero-order valence-corrected chi connectivity index (χ0v) is 15.0. The number of amides is 1. The first-order valence-electron chi connectivity index (χ1n) is 9.22. The van der Waals surface area contributed by atoms with Gasteiger partial charge in [-0.05, 0) is 29.9 Å². The standard InChI is InChI=1S/C22H22N2O3/c25-15-17-8-6-16(7-9-17)12-18-10-11-24(14-18)22(26)20-13-23-27-21(20)19-4-2-1-3-5-19/h1-9,13,18,25H,10-12,14-15H2. The fraction of sp³-hybridized carbons (Fsp3) is 0.273. The number of carbonyl (C=O) groups is 1. The molecule has 1 aliphatic heterocycles. The van der Waals surface area contributed by atoms with E-state index in [0.29, 0.717) is 17.2 Å². The van der Waals surface area contributed by atoms with E-state index in [1.807, 2.05) is 47.4 Å². The molecule has 0 saturated carbocycles. The van der Waals surface area contributed by atoms with Crippen LogP contribution in [0.1, 0.15) is 27.9 Å². The molecule has 1 unspecified atom stereocenters. The van der Waals surface area contributed by atoms with Crippen LogP contribution in [-0.2, 0) is 13.0 Å². The van der Waals surface area contributed by atoms with E-state index in [9.17, 15) is 4.79 Å². The third kappa shape index (κ3) is 3.78. The molecule has 5 heteroatoms. The molecule has 1 atom stereocenters. The van der Waals surface area contributed by atoms with Crippen molar-refractivity contribution >= 4 is 5.91 Å². The Hall–Kier alpha value is -2.92. The number of likely N-dealkylation sites (tertiary alicyclic amines) is 1. The van der Waals surface area contributed by atoms with Crippen LogP contribution >= 0.6 is 0 Å². The Morgan fingerprint density at radius 1 is 1.11 bits per heavy atom. The molecule has 4 rings (SSSR count). The SMILES string of the molecule is O=C(c1cnoc1-c1ccccc1)N1CCC(Cc2ccc(CO)cc2)C1. The lowest BCUT2D eigenvalue weighted by atomic mass is 9.98. The Morgan fingerprint density at radius 3 is 2.59 bits per heavy atom. The number of aliphatic hydroxyl groups excluding tert-OH is 1. The Balaban J connectivity index is 1.43. The summed E-state index contributed by atoms with van der Waals surface area (Å²) in [6, 6.07) is 17.6. The number of nitrogens with zero attached hydrogens (tertiary/aromatic N) is 2. The van der Waals surface area contributed by atoms with Crippen molar-refractivity contribution in [3.8, 4) is 11.3 Å². The quantitative estimate of drug-likeness (QED) is 0.754. The Bertz CT molecular complexity index is 903. The highest BCUT2D eigenvalue weighted by Gasteiger charge is 2.30. The Morgan fingerprint density at radius 2 is 1.85 bits per heavy atom. The van der Waals surface area contributed by atoms with E-state index < -0.39 is 0 Å². The second-order valence-corrected chi connectivity index (χ2v) is 7.02. The van der Waals surface area contributed by atoms with Gasteiger partial charge in [0, 0.05) is 18.7 Å². The number of aromatic nitrogens is 1. The molecule has 3 aromatic rings. The first-order valence-corrected chi connectivity index (χ1v) is 9.22. The number of rotatable bonds is 5. The fourth-order valence-electron chi connectivity index (χ4n) is 3.66. The van der Waals surface area contributed by atoms with Gasteiger partial charge in [-0.2, -0.15) is 0 Å². The van der Waals surface area contributed by atoms with Gasteiger partial charge in [-0.25, -0.2) is 0 Å². The number of benzene rings is 2. The summed E-state index contributed by atoms with van der Waals surface area (Å²) in [4.78, 5) is 14.9. The van der Waals surface area contributed by atoms with Crippen LogP contribution in [0.5, 0.6) is 0 Å². The summed E-state index contributed by atoms with van der Waals surface area (Å²) in [5.41, 5.74) is 3.54. The number of aliphatic hydroxyl groups is 1. The average Bonchev–Trinajstić information content (AvgIpc) is 3.38. The van der Waals surface area contributed by atoms with Gasteiger partial charge in [-0.15, -0.1) is 0 Å². The van der Waals surface area contributed by atoms with Crippen molar-refractivity contribution in [1.82, 2.24) is 10.1 Å². The molecule has 1 amide bonds. The predicted molar refractivity (Wildman–Crippen MR) is 102 cm³/mol. The van der Waals surface area contributed by atoms with Crippen molar-refractivity contribution in [2.45, 2.75) is 19.4 Å². The molecule has 138 valence electrons. The van der Waals surface area contributed by atoms with Gasteiger partial charge >= 0.3 is 0 Å². The van der Waals surface area contributed by atoms with Gasteiger partial charge in [0.05, 0.1) is 12.8 Å². The van der Waals surface area contributed by atoms with Gasteiger partial charge in [0.25, 0.3) is 5.91 Å². The molecule has 1 saturated heterocycles. The molecule has 0 spiro atoms. The van der Waals surface area contributed by atoms with Crippen LogP contribution in [0.3, 0.4) is 0 Å². The van der Waals surface area contributed by atoms with E-state index in [0.717, 1.165) is 37.1 Å². The lowest BCUT2D eigenvalue weighted by molar-refractivity contribution is 0.0787. The third-order valence-corrected chi connectivity index (χ3v) is 5.14. The van der Waals surface area contributed by atoms with Crippen molar-refractivity contribution in [1.29, 1.82) is 0 Å². The summed E-state index contributed by atoms with van der Waals surface area (Å²) in [6.07, 6.45) is 3.44. The first kappa shape index (κ1) is 17.5. The van der Waals surface area contributed by atoms with Gasteiger partial charge in [0.15, 0.2) is 5.76 Å². The van der Waals surface area contributed by atoms with Crippen LogP contribution in [0.4, 0.5) is 0 Å². The highest BCUT2D eigenvalue weighted by molar-refractivity contribution is 5.99. The van der Waals surface area contributed by atoms with Gasteiger partial charge in [0.1, 0.15) is 5.56 Å². The average molecular weight is 362 g/mol. The van der Waals surface area contributed by atoms with Crippen LogP contribution in [0.15, 0.2) is 65.3 Å². The van der Waals surface area contributed by atoms with Gasteiger partial charge < -0.3 is 14.5 Å². The van der Waals surface area contributed by atoms with E-state index in [-0.39, 0.29) is 12.5 Å². The molecule has 2 heterocycles. The van der Waals surface area contributed by atoms with Crippen LogP contribution in [-0.4, -0.2) is 34.2 Å². The molecule has 1 fully saturated rings. The zero-order chi connectivity index (χ0) is 18.6. The highest BCUT2D eigenvalue weighted by atomic mass is 16.5. The van der Waals surface area contributed by atoms with E-state index in [1.54, 1.807) is 0 Å². The van der Waals surface area contributed by atoms with Crippen molar-refractivity contribution in [3.05, 3.63) is 77.5 Å². The first-order chi connectivity index (χ1) is 13.2. The minimum Gasteiger partial charge on any atom is -0.392 e. The second-order valence-electron chi connectivity index (χ2n) is 7.02. The summed E-state index contributed by atoms with van der Waals surface area (Å²) in [5.74, 6) is 0.950. The van der Waals surface area contributed by atoms with E-state index >= 15 is 0 Å². The topological polar surface area (TPSA) is 66.6 Å². The van der Waals surface area contributed by atoms with E-state index in [1.165, 1.54) is 11.8 Å². The van der Waals surface area contributed by atoms with E-state index in [2.05, 4.69) is 17.3 Å². The number of carbonyl (C=O) groups excluding carboxylic acids is 1. The molecule has 1 N–H and O–H groups in total. The van der Waals surface area contributed by atoms with Gasteiger partial charge in [-0.3, -0.25) is 4.79 Å². The zero-order valence-electron chi connectivity index (χ0n) is 15.0. The second kappa shape index (κ2) is 7.76. The van der Waals surface area contributed by atoms with Crippen molar-refractivity contribution in [3.63, 3.8) is 0 Å². The summed E-state index contributed by atoms with van der Waals surface area (Å²) < 4.78 is 5.36. The predicted octanol–water partition coefficient (Wildman–Crippen LogP) is 3.54. The lowest BCUT2D eigenvalue weighted by Gasteiger charge is -2.16. The highest BCUT2D eigenvalue weighted by Crippen LogP contribution is 2.27.